The fourth-order valence-corrected chi connectivity index (χ4v) is 3.25. The van der Waals surface area contributed by atoms with E-state index in [4.69, 9.17) is 5.11 Å². The number of hydrogen-bond donors (Lipinski definition) is 4. The zero-order chi connectivity index (χ0) is 25.0. The summed E-state index contributed by atoms with van der Waals surface area (Å²) in [6.07, 6.45) is -0.157. The number of amides is 2. The van der Waals surface area contributed by atoms with Crippen LogP contribution >= 0.6 is 0 Å². The number of halogens is 4. The predicted octanol–water partition coefficient (Wildman–Crippen LogP) is 3.69. The molecule has 3 heterocycles. The van der Waals surface area contributed by atoms with Gasteiger partial charge in [-0.15, -0.1) is 0 Å². The van der Waals surface area contributed by atoms with Crippen LogP contribution in [0.2, 0.25) is 0 Å². The first-order valence-electron chi connectivity index (χ1n) is 10.3. The SMILES string of the molecule is O=C(NCC(F)(F)F)Nc1cccc(-c2cnc3cc(-c4ncc(F)c(NCCO)n4)ccn23)c1. The third-order valence-electron chi connectivity index (χ3n) is 4.79. The Hall–Kier alpha value is -4.26. The smallest absolute Gasteiger partial charge is 0.395 e. The fraction of sp³-hybridized carbons (Fsp3) is 0.182. The van der Waals surface area contributed by atoms with E-state index in [0.29, 0.717) is 28.2 Å². The van der Waals surface area contributed by atoms with Crippen LogP contribution < -0.4 is 16.0 Å². The van der Waals surface area contributed by atoms with Gasteiger partial charge in [-0.3, -0.25) is 4.40 Å². The molecule has 1 aromatic carbocycles. The van der Waals surface area contributed by atoms with Crippen LogP contribution in [0.3, 0.4) is 0 Å². The van der Waals surface area contributed by atoms with Crippen LogP contribution in [0.1, 0.15) is 0 Å². The maximum absolute atomic E-state index is 13.9. The van der Waals surface area contributed by atoms with Gasteiger partial charge in [-0.2, -0.15) is 13.2 Å². The van der Waals surface area contributed by atoms with Crippen LogP contribution in [-0.2, 0) is 0 Å². The number of rotatable bonds is 7. The molecule has 0 aliphatic carbocycles. The number of alkyl halides is 3. The average molecular weight is 489 g/mol. The summed E-state index contributed by atoms with van der Waals surface area (Å²) in [5, 5.41) is 15.7. The van der Waals surface area contributed by atoms with E-state index in [0.717, 1.165) is 6.20 Å². The summed E-state index contributed by atoms with van der Waals surface area (Å²) in [4.78, 5) is 24.3. The number of benzene rings is 1. The van der Waals surface area contributed by atoms with Gasteiger partial charge in [0.1, 0.15) is 12.2 Å². The van der Waals surface area contributed by atoms with Crippen molar-refractivity contribution in [1.29, 1.82) is 0 Å². The minimum absolute atomic E-state index is 0.0310. The molecule has 3 aromatic heterocycles. The number of aliphatic hydroxyl groups is 1. The van der Waals surface area contributed by atoms with Gasteiger partial charge in [0.25, 0.3) is 0 Å². The van der Waals surface area contributed by atoms with Gasteiger partial charge in [0.15, 0.2) is 17.5 Å². The Morgan fingerprint density at radius 1 is 1.09 bits per heavy atom. The van der Waals surface area contributed by atoms with Crippen molar-refractivity contribution in [3.8, 4) is 22.6 Å². The Balaban J connectivity index is 1.56. The first kappa shape index (κ1) is 23.9. The molecular formula is C22H19F4N7O2. The molecule has 0 radical (unpaired) electrons. The molecule has 0 aliphatic heterocycles. The molecule has 0 saturated carbocycles. The van der Waals surface area contributed by atoms with Crippen molar-refractivity contribution in [2.24, 2.45) is 0 Å². The summed E-state index contributed by atoms with van der Waals surface area (Å²) in [7, 11) is 0. The molecule has 0 atom stereocenters. The topological polar surface area (TPSA) is 116 Å². The van der Waals surface area contributed by atoms with Gasteiger partial charge >= 0.3 is 12.2 Å². The second-order valence-electron chi connectivity index (χ2n) is 7.33. The summed E-state index contributed by atoms with van der Waals surface area (Å²) in [5.41, 5.74) is 2.75. The largest absolute Gasteiger partial charge is 0.405 e. The number of fused-ring (bicyclic) bond motifs is 1. The molecule has 13 heteroatoms. The number of aromatic nitrogens is 4. The van der Waals surface area contributed by atoms with E-state index in [-0.39, 0.29) is 24.8 Å². The first-order valence-corrected chi connectivity index (χ1v) is 10.3. The standard InChI is InChI=1S/C22H19F4N7O2/c23-16-10-29-19(32-20(16)27-5-7-34)14-4-6-33-17(11-28-18(33)9-14)13-2-1-3-15(8-13)31-21(35)30-12-22(24,25)26/h1-4,6,8-11,34H,5,7,12H2,(H,27,29,32)(H2,30,31,35). The molecule has 182 valence electrons. The molecule has 2 amide bonds. The monoisotopic (exact) mass is 489 g/mol. The quantitative estimate of drug-likeness (QED) is 0.294. The number of carbonyl (C=O) groups excluding carboxylic acids is 1. The van der Waals surface area contributed by atoms with Gasteiger partial charge < -0.3 is 21.1 Å². The van der Waals surface area contributed by atoms with Gasteiger partial charge in [0.05, 0.1) is 24.7 Å². The van der Waals surface area contributed by atoms with Crippen LogP contribution in [-0.4, -0.2) is 56.4 Å². The highest BCUT2D eigenvalue weighted by molar-refractivity contribution is 5.90. The number of pyridine rings is 1. The van der Waals surface area contributed by atoms with E-state index < -0.39 is 24.6 Å². The van der Waals surface area contributed by atoms with Crippen LogP contribution in [0.4, 0.5) is 33.9 Å². The summed E-state index contributed by atoms with van der Waals surface area (Å²) < 4.78 is 52.5. The van der Waals surface area contributed by atoms with Crippen LogP contribution in [0.25, 0.3) is 28.3 Å². The molecule has 0 unspecified atom stereocenters. The van der Waals surface area contributed by atoms with Crippen LogP contribution in [0.15, 0.2) is 55.0 Å². The van der Waals surface area contributed by atoms with Crippen LogP contribution in [0, 0.1) is 5.82 Å². The Morgan fingerprint density at radius 2 is 1.91 bits per heavy atom. The van der Waals surface area contributed by atoms with Crippen molar-refractivity contribution in [3.63, 3.8) is 0 Å². The van der Waals surface area contributed by atoms with E-state index >= 15 is 0 Å². The zero-order valence-electron chi connectivity index (χ0n) is 18.0. The Kier molecular flexibility index (Phi) is 6.78. The number of nitrogens with zero attached hydrogens (tertiary/aromatic N) is 4. The van der Waals surface area contributed by atoms with Gasteiger partial charge in [-0.05, 0) is 24.3 Å². The fourth-order valence-electron chi connectivity index (χ4n) is 3.25. The van der Waals surface area contributed by atoms with E-state index in [1.54, 1.807) is 58.5 Å². The maximum atomic E-state index is 13.9. The lowest BCUT2D eigenvalue weighted by Crippen LogP contribution is -2.36. The van der Waals surface area contributed by atoms with Crippen molar-refractivity contribution < 1.29 is 27.5 Å². The second-order valence-corrected chi connectivity index (χ2v) is 7.33. The summed E-state index contributed by atoms with van der Waals surface area (Å²) in [6.45, 7) is -1.49. The molecular weight excluding hydrogens is 470 g/mol. The Morgan fingerprint density at radius 3 is 2.69 bits per heavy atom. The molecule has 0 aliphatic rings. The number of anilines is 2. The van der Waals surface area contributed by atoms with Gasteiger partial charge in [0.2, 0.25) is 0 Å². The van der Waals surface area contributed by atoms with Crippen molar-refractivity contribution in [1.82, 2.24) is 24.7 Å². The molecule has 9 nitrogen and oxygen atoms in total. The lowest BCUT2D eigenvalue weighted by atomic mass is 10.1. The minimum atomic E-state index is -4.51. The Bertz CT molecular complexity index is 1360. The number of carbonyl (C=O) groups is 1. The average Bonchev–Trinajstić information content (AvgIpc) is 3.25. The first-order chi connectivity index (χ1) is 16.7. The second kappa shape index (κ2) is 9.93. The zero-order valence-corrected chi connectivity index (χ0v) is 18.0. The number of hydrogen-bond acceptors (Lipinski definition) is 6. The normalized spacial score (nSPS) is 11.5. The number of nitrogens with one attached hydrogen (secondary N) is 3. The third kappa shape index (κ3) is 5.81. The summed E-state index contributed by atoms with van der Waals surface area (Å²) in [6, 6.07) is 9.01. The Labute approximate surface area is 195 Å². The van der Waals surface area contributed by atoms with Gasteiger partial charge in [-0.25, -0.2) is 24.1 Å². The number of urea groups is 1. The highest BCUT2D eigenvalue weighted by Crippen LogP contribution is 2.26. The van der Waals surface area contributed by atoms with E-state index in [2.05, 4.69) is 25.6 Å². The predicted molar refractivity (Wildman–Crippen MR) is 120 cm³/mol. The summed E-state index contributed by atoms with van der Waals surface area (Å²) >= 11 is 0. The number of imidazole rings is 1. The molecule has 4 N–H and O–H groups in total. The van der Waals surface area contributed by atoms with E-state index in [1.165, 1.54) is 0 Å². The summed E-state index contributed by atoms with van der Waals surface area (Å²) in [5.74, 6) is -0.418. The highest BCUT2D eigenvalue weighted by Gasteiger charge is 2.27. The molecule has 4 aromatic rings. The van der Waals surface area contributed by atoms with Gasteiger partial charge in [0, 0.05) is 29.6 Å². The highest BCUT2D eigenvalue weighted by atomic mass is 19.4. The van der Waals surface area contributed by atoms with Crippen molar-refractivity contribution >= 4 is 23.2 Å². The molecule has 35 heavy (non-hydrogen) atoms. The van der Waals surface area contributed by atoms with Crippen LogP contribution in [0.5, 0.6) is 0 Å². The molecule has 0 bridgehead atoms. The van der Waals surface area contributed by atoms with Crippen molar-refractivity contribution in [2.45, 2.75) is 6.18 Å². The molecule has 0 fully saturated rings. The third-order valence-corrected chi connectivity index (χ3v) is 4.79. The van der Waals surface area contributed by atoms with Crippen molar-refractivity contribution in [3.05, 3.63) is 60.8 Å². The number of aliphatic hydroxyl groups excluding tert-OH is 1. The van der Waals surface area contributed by atoms with E-state index in [1.807, 2.05) is 0 Å². The van der Waals surface area contributed by atoms with E-state index in [9.17, 15) is 22.4 Å². The molecule has 0 saturated heterocycles. The maximum Gasteiger partial charge on any atom is 0.405 e. The van der Waals surface area contributed by atoms with Gasteiger partial charge in [-0.1, -0.05) is 12.1 Å². The molecule has 0 spiro atoms. The lowest BCUT2D eigenvalue weighted by Gasteiger charge is -2.11. The lowest BCUT2D eigenvalue weighted by molar-refractivity contribution is -0.122. The molecule has 4 rings (SSSR count). The minimum Gasteiger partial charge on any atom is -0.395 e. The van der Waals surface area contributed by atoms with Crippen molar-refractivity contribution in [2.75, 3.05) is 30.3 Å².